The van der Waals surface area contributed by atoms with E-state index in [0.717, 1.165) is 11.3 Å². The first-order valence-electron chi connectivity index (χ1n) is 5.38. The third kappa shape index (κ3) is 2.30. The van der Waals surface area contributed by atoms with Gasteiger partial charge in [0.25, 0.3) is 0 Å². The third-order valence-electron chi connectivity index (χ3n) is 3.14. The van der Waals surface area contributed by atoms with E-state index in [1.807, 2.05) is 18.2 Å². The largest absolute Gasteiger partial charge is 0.389 e. The fourth-order valence-corrected chi connectivity index (χ4v) is 2.49. The molecule has 3 N–H and O–H groups in total. The van der Waals surface area contributed by atoms with Crippen molar-refractivity contribution in [2.75, 3.05) is 5.32 Å². The maximum Gasteiger partial charge on any atom is 0.105 e. The Morgan fingerprint density at radius 2 is 2.19 bits per heavy atom. The highest BCUT2D eigenvalue weighted by molar-refractivity contribution is 7.80. The number of rotatable bonds is 3. The molecular formula is C12H15ClN2S. The van der Waals surface area contributed by atoms with E-state index in [2.05, 4.69) is 12.2 Å². The number of halogens is 1. The molecule has 2 nitrogen and oxygen atoms in total. The first-order valence-corrected chi connectivity index (χ1v) is 6.16. The Morgan fingerprint density at radius 1 is 1.50 bits per heavy atom. The third-order valence-corrected chi connectivity index (χ3v) is 3.67. The highest BCUT2D eigenvalue weighted by Crippen LogP contribution is 2.35. The summed E-state index contributed by atoms with van der Waals surface area (Å²) in [5.74, 6) is 0. The Hall–Kier alpha value is -0.800. The number of thiocarbonyl (C=S) groups is 1. The summed E-state index contributed by atoms with van der Waals surface area (Å²) < 4.78 is 0. The van der Waals surface area contributed by atoms with E-state index in [1.54, 1.807) is 0 Å². The van der Waals surface area contributed by atoms with Crippen LogP contribution in [0.4, 0.5) is 5.69 Å². The molecule has 0 bridgehead atoms. The summed E-state index contributed by atoms with van der Waals surface area (Å²) >= 11 is 11.0. The van der Waals surface area contributed by atoms with Crippen LogP contribution in [-0.4, -0.2) is 10.5 Å². The minimum absolute atomic E-state index is 0.230. The minimum Gasteiger partial charge on any atom is -0.389 e. The van der Waals surface area contributed by atoms with Crippen LogP contribution in [-0.2, 0) is 0 Å². The average Bonchev–Trinajstić information content (AvgIpc) is 2.14. The lowest BCUT2D eigenvalue weighted by atomic mass is 9.78. The van der Waals surface area contributed by atoms with Gasteiger partial charge in [-0.3, -0.25) is 0 Å². The highest BCUT2D eigenvalue weighted by atomic mass is 35.5. The lowest BCUT2D eigenvalue weighted by Crippen LogP contribution is -2.41. The van der Waals surface area contributed by atoms with Crippen LogP contribution in [0.2, 0.25) is 5.02 Å². The van der Waals surface area contributed by atoms with Gasteiger partial charge in [-0.15, -0.1) is 0 Å². The maximum absolute atomic E-state index is 6.11. The Morgan fingerprint density at radius 3 is 2.62 bits per heavy atom. The van der Waals surface area contributed by atoms with Crippen LogP contribution in [0.5, 0.6) is 0 Å². The van der Waals surface area contributed by atoms with Crippen molar-refractivity contribution in [1.82, 2.24) is 0 Å². The zero-order chi connectivity index (χ0) is 11.8. The van der Waals surface area contributed by atoms with E-state index in [4.69, 9.17) is 29.6 Å². The molecule has 0 radical (unpaired) electrons. The molecule has 1 fully saturated rings. The second-order valence-corrected chi connectivity index (χ2v) is 5.45. The van der Waals surface area contributed by atoms with Crippen LogP contribution in [0.25, 0.3) is 0 Å². The Balaban J connectivity index is 2.18. The Kier molecular flexibility index (Phi) is 3.08. The van der Waals surface area contributed by atoms with Crippen LogP contribution in [0, 0.1) is 0 Å². The molecule has 0 aliphatic heterocycles. The van der Waals surface area contributed by atoms with Gasteiger partial charge in [0.05, 0.1) is 5.02 Å². The van der Waals surface area contributed by atoms with Crippen LogP contribution in [0.3, 0.4) is 0 Å². The molecule has 0 atom stereocenters. The Labute approximate surface area is 106 Å². The maximum atomic E-state index is 6.11. The van der Waals surface area contributed by atoms with Gasteiger partial charge in [0.15, 0.2) is 0 Å². The van der Waals surface area contributed by atoms with Crippen LogP contribution in [0.1, 0.15) is 31.7 Å². The molecule has 0 unspecified atom stereocenters. The number of anilines is 1. The molecule has 1 aliphatic rings. The second-order valence-electron chi connectivity index (χ2n) is 4.60. The van der Waals surface area contributed by atoms with Crippen LogP contribution in [0.15, 0.2) is 18.2 Å². The van der Waals surface area contributed by atoms with Crippen LogP contribution < -0.4 is 11.1 Å². The van der Waals surface area contributed by atoms with E-state index in [0.29, 0.717) is 10.0 Å². The molecule has 2 rings (SSSR count). The number of hydrogen-bond donors (Lipinski definition) is 2. The highest BCUT2D eigenvalue weighted by Gasteiger charge is 2.31. The van der Waals surface area contributed by atoms with E-state index >= 15 is 0 Å². The van der Waals surface area contributed by atoms with Gasteiger partial charge < -0.3 is 11.1 Å². The minimum atomic E-state index is 0.230. The van der Waals surface area contributed by atoms with Gasteiger partial charge in [0.1, 0.15) is 4.99 Å². The smallest absolute Gasteiger partial charge is 0.105 e. The summed E-state index contributed by atoms with van der Waals surface area (Å²) in [6.45, 7) is 2.23. The second kappa shape index (κ2) is 4.22. The van der Waals surface area contributed by atoms with Gasteiger partial charge in [0.2, 0.25) is 0 Å². The SMILES string of the molecule is CC1(Nc2ccc(C(N)=S)c(Cl)c2)CCC1. The molecule has 0 amide bonds. The summed E-state index contributed by atoms with van der Waals surface area (Å²) in [5, 5.41) is 4.10. The molecule has 0 heterocycles. The molecular weight excluding hydrogens is 240 g/mol. The van der Waals surface area contributed by atoms with Crippen LogP contribution >= 0.6 is 23.8 Å². The van der Waals surface area contributed by atoms with Crippen molar-refractivity contribution in [1.29, 1.82) is 0 Å². The fourth-order valence-electron chi connectivity index (χ4n) is 1.97. The molecule has 86 valence electrons. The van der Waals surface area contributed by atoms with Crippen molar-refractivity contribution in [2.24, 2.45) is 5.73 Å². The number of hydrogen-bond acceptors (Lipinski definition) is 2. The summed E-state index contributed by atoms with van der Waals surface area (Å²) in [6, 6.07) is 5.73. The first-order chi connectivity index (χ1) is 7.50. The average molecular weight is 255 g/mol. The summed E-state index contributed by atoms with van der Waals surface area (Å²) in [7, 11) is 0. The van der Waals surface area contributed by atoms with Crippen molar-refractivity contribution < 1.29 is 0 Å². The molecule has 1 aromatic rings. The monoisotopic (exact) mass is 254 g/mol. The zero-order valence-corrected chi connectivity index (χ0v) is 10.8. The van der Waals surface area contributed by atoms with Gasteiger partial charge >= 0.3 is 0 Å². The predicted octanol–water partition coefficient (Wildman–Crippen LogP) is 3.33. The van der Waals surface area contributed by atoms with E-state index < -0.39 is 0 Å². The van der Waals surface area contributed by atoms with E-state index in [-0.39, 0.29) is 5.54 Å². The van der Waals surface area contributed by atoms with Crippen molar-refractivity contribution in [3.63, 3.8) is 0 Å². The topological polar surface area (TPSA) is 38.0 Å². The molecule has 1 aromatic carbocycles. The normalized spacial score (nSPS) is 17.6. The van der Waals surface area contributed by atoms with Gasteiger partial charge in [-0.05, 0) is 44.4 Å². The van der Waals surface area contributed by atoms with E-state index in [9.17, 15) is 0 Å². The van der Waals surface area contributed by atoms with Gasteiger partial charge in [0, 0.05) is 16.8 Å². The zero-order valence-electron chi connectivity index (χ0n) is 9.22. The Bertz CT molecular complexity index is 427. The van der Waals surface area contributed by atoms with Crippen molar-refractivity contribution in [3.8, 4) is 0 Å². The van der Waals surface area contributed by atoms with Crippen molar-refractivity contribution >= 4 is 34.5 Å². The van der Waals surface area contributed by atoms with E-state index in [1.165, 1.54) is 19.3 Å². The molecule has 1 aliphatic carbocycles. The molecule has 16 heavy (non-hydrogen) atoms. The number of nitrogens with one attached hydrogen (secondary N) is 1. The fraction of sp³-hybridized carbons (Fsp3) is 0.417. The summed E-state index contributed by atoms with van der Waals surface area (Å²) in [5.41, 5.74) is 7.56. The lowest BCUT2D eigenvalue weighted by molar-refractivity contribution is 0.306. The first kappa shape index (κ1) is 11.7. The molecule has 0 saturated heterocycles. The predicted molar refractivity (Wildman–Crippen MR) is 73.2 cm³/mol. The van der Waals surface area contributed by atoms with Crippen molar-refractivity contribution in [3.05, 3.63) is 28.8 Å². The lowest BCUT2D eigenvalue weighted by Gasteiger charge is -2.40. The summed E-state index contributed by atoms with van der Waals surface area (Å²) in [4.78, 5) is 0.339. The number of benzene rings is 1. The quantitative estimate of drug-likeness (QED) is 0.813. The van der Waals surface area contributed by atoms with Gasteiger partial charge in [-0.2, -0.15) is 0 Å². The summed E-state index contributed by atoms with van der Waals surface area (Å²) in [6.07, 6.45) is 3.71. The molecule has 0 spiro atoms. The standard InChI is InChI=1S/C12H15ClN2S/c1-12(5-2-6-12)15-8-3-4-9(11(14)16)10(13)7-8/h3-4,7,15H,2,5-6H2,1H3,(H2,14,16). The molecule has 4 heteroatoms. The molecule has 0 aromatic heterocycles. The van der Waals surface area contributed by atoms with Gasteiger partial charge in [-0.25, -0.2) is 0 Å². The number of nitrogens with two attached hydrogens (primary N) is 1. The van der Waals surface area contributed by atoms with Crippen molar-refractivity contribution in [2.45, 2.75) is 31.7 Å². The van der Waals surface area contributed by atoms with Gasteiger partial charge in [-0.1, -0.05) is 23.8 Å². The molecule has 1 saturated carbocycles.